The van der Waals surface area contributed by atoms with Crippen LogP contribution in [0.25, 0.3) is 0 Å². The number of nitrogen functional groups attached to an aromatic ring is 1. The highest BCUT2D eigenvalue weighted by molar-refractivity contribution is 6.31. The Labute approximate surface area is 209 Å². The Kier molecular flexibility index (Phi) is 5.48. The summed E-state index contributed by atoms with van der Waals surface area (Å²) >= 11 is 0. The number of carbonyl (C=O) groups excluding carboxylic acids is 6. The standard InChI is InChI=1S/C26H22N2O9/c27-13-6-7-14(29)18-17(13)21(37-25(35)10-4-2-1-3-5-10)12-8-11-9-15(30)19(24(28)34)23(33)26(11,36)22(32)16(12)20(18)31/h1-7,11-12,16,19,21,29,36H,8-9,27H2,(H2,28,34)/t11-,12-,16?,19?,21+,26-/m0/s1. The SMILES string of the molecule is NC(=O)C1C(=O)C[C@@H]2C[C@H]3C(C(=O)c4c(O)ccc(N)c4[C@@H]3OC(=O)c3ccccc3)C(=O)[C@]2(O)C1=O. The van der Waals surface area contributed by atoms with Crippen LogP contribution in [0.5, 0.6) is 5.75 Å². The second kappa shape index (κ2) is 8.34. The smallest absolute Gasteiger partial charge is 0.338 e. The number of phenols is 1. The molecule has 2 aromatic carbocycles. The summed E-state index contributed by atoms with van der Waals surface area (Å²) in [5.74, 6) is -13.2. The number of phenolic OH excluding ortho intramolecular Hbond substituents is 1. The summed E-state index contributed by atoms with van der Waals surface area (Å²) in [5, 5.41) is 21.9. The second-order valence-corrected chi connectivity index (χ2v) is 9.59. The molecule has 2 saturated carbocycles. The molecule has 0 bridgehead atoms. The van der Waals surface area contributed by atoms with Crippen molar-refractivity contribution in [3.8, 4) is 5.75 Å². The highest BCUT2D eigenvalue weighted by atomic mass is 16.5. The molecule has 1 amide bonds. The first-order valence-electron chi connectivity index (χ1n) is 11.5. The number of primary amides is 1. The number of carbonyl (C=O) groups is 6. The zero-order valence-electron chi connectivity index (χ0n) is 19.2. The molecule has 6 atom stereocenters. The van der Waals surface area contributed by atoms with Crippen molar-refractivity contribution in [3.63, 3.8) is 0 Å². The number of nitrogens with two attached hydrogens (primary N) is 2. The molecule has 6 N–H and O–H groups in total. The maximum atomic E-state index is 13.7. The van der Waals surface area contributed by atoms with Crippen LogP contribution < -0.4 is 11.5 Å². The van der Waals surface area contributed by atoms with Crippen LogP contribution in [0.3, 0.4) is 0 Å². The second-order valence-electron chi connectivity index (χ2n) is 9.59. The molecule has 3 aliphatic rings. The number of ketones is 4. The van der Waals surface area contributed by atoms with Crippen LogP contribution in [0.15, 0.2) is 42.5 Å². The lowest BCUT2D eigenvalue weighted by molar-refractivity contribution is -0.178. The zero-order chi connectivity index (χ0) is 26.8. The molecule has 2 unspecified atom stereocenters. The van der Waals surface area contributed by atoms with E-state index >= 15 is 0 Å². The number of aliphatic hydroxyl groups is 1. The van der Waals surface area contributed by atoms with E-state index in [1.165, 1.54) is 18.2 Å². The number of esters is 1. The molecule has 0 spiro atoms. The van der Waals surface area contributed by atoms with Crippen LogP contribution in [-0.4, -0.2) is 50.8 Å². The quantitative estimate of drug-likeness (QED) is 0.193. The van der Waals surface area contributed by atoms with Gasteiger partial charge in [0.2, 0.25) is 5.91 Å². The van der Waals surface area contributed by atoms with Gasteiger partial charge in [0.1, 0.15) is 11.9 Å². The number of fused-ring (bicyclic) bond motifs is 3. The monoisotopic (exact) mass is 506 g/mol. The highest BCUT2D eigenvalue weighted by Gasteiger charge is 2.67. The van der Waals surface area contributed by atoms with Gasteiger partial charge in [0.25, 0.3) is 0 Å². The number of hydrogen-bond donors (Lipinski definition) is 4. The van der Waals surface area contributed by atoms with Crippen molar-refractivity contribution >= 4 is 40.7 Å². The van der Waals surface area contributed by atoms with Crippen molar-refractivity contribution in [1.82, 2.24) is 0 Å². The number of anilines is 1. The zero-order valence-corrected chi connectivity index (χ0v) is 19.2. The van der Waals surface area contributed by atoms with Crippen molar-refractivity contribution in [2.45, 2.75) is 24.5 Å². The van der Waals surface area contributed by atoms with Crippen molar-refractivity contribution in [3.05, 3.63) is 59.2 Å². The Hall–Kier alpha value is -4.38. The lowest BCUT2D eigenvalue weighted by Crippen LogP contribution is -2.68. The van der Waals surface area contributed by atoms with Crippen molar-refractivity contribution < 1.29 is 43.7 Å². The van der Waals surface area contributed by atoms with Gasteiger partial charge >= 0.3 is 5.97 Å². The molecule has 2 fully saturated rings. The summed E-state index contributed by atoms with van der Waals surface area (Å²) in [4.78, 5) is 77.7. The largest absolute Gasteiger partial charge is 0.507 e. The van der Waals surface area contributed by atoms with Gasteiger partial charge in [-0.2, -0.15) is 0 Å². The van der Waals surface area contributed by atoms with Crippen molar-refractivity contribution in [2.24, 2.45) is 29.4 Å². The van der Waals surface area contributed by atoms with Crippen LogP contribution in [0.4, 0.5) is 5.69 Å². The molecule has 5 rings (SSSR count). The molecule has 11 heteroatoms. The van der Waals surface area contributed by atoms with E-state index in [2.05, 4.69) is 0 Å². The van der Waals surface area contributed by atoms with E-state index in [-0.39, 0.29) is 28.8 Å². The maximum absolute atomic E-state index is 13.7. The van der Waals surface area contributed by atoms with Gasteiger partial charge in [-0.25, -0.2) is 4.79 Å². The number of aromatic hydroxyl groups is 1. The van der Waals surface area contributed by atoms with Gasteiger partial charge < -0.3 is 26.4 Å². The minimum Gasteiger partial charge on any atom is -0.507 e. The molecule has 11 nitrogen and oxygen atoms in total. The fourth-order valence-corrected chi connectivity index (χ4v) is 5.91. The molecule has 0 heterocycles. The lowest BCUT2D eigenvalue weighted by Gasteiger charge is -2.50. The molecule has 3 aliphatic carbocycles. The number of amides is 1. The van der Waals surface area contributed by atoms with E-state index in [1.54, 1.807) is 18.2 Å². The third kappa shape index (κ3) is 3.38. The third-order valence-corrected chi connectivity index (χ3v) is 7.63. The minimum atomic E-state index is -2.83. The van der Waals surface area contributed by atoms with Crippen molar-refractivity contribution in [1.29, 1.82) is 0 Å². The number of rotatable bonds is 3. The summed E-state index contributed by atoms with van der Waals surface area (Å²) in [5.41, 5.74) is 8.32. The van der Waals surface area contributed by atoms with E-state index in [0.29, 0.717) is 0 Å². The lowest BCUT2D eigenvalue weighted by atomic mass is 9.53. The van der Waals surface area contributed by atoms with Crippen LogP contribution >= 0.6 is 0 Å². The molecule has 190 valence electrons. The average molecular weight is 506 g/mol. The molecule has 37 heavy (non-hydrogen) atoms. The number of benzene rings is 2. The van der Waals surface area contributed by atoms with Gasteiger partial charge in [0.15, 0.2) is 34.7 Å². The molecule has 0 aliphatic heterocycles. The average Bonchev–Trinajstić information content (AvgIpc) is 2.85. The van der Waals surface area contributed by atoms with Gasteiger partial charge in [-0.15, -0.1) is 0 Å². The summed E-state index contributed by atoms with van der Waals surface area (Å²) in [6.07, 6.45) is -2.12. The van der Waals surface area contributed by atoms with Crippen LogP contribution in [0.2, 0.25) is 0 Å². The summed E-state index contributed by atoms with van der Waals surface area (Å²) in [7, 11) is 0. The Balaban J connectivity index is 1.65. The summed E-state index contributed by atoms with van der Waals surface area (Å²) < 4.78 is 5.77. The Bertz CT molecular complexity index is 1400. The Morgan fingerprint density at radius 3 is 2.32 bits per heavy atom. The maximum Gasteiger partial charge on any atom is 0.338 e. The first kappa shape index (κ1) is 24.3. The molecule has 0 aromatic heterocycles. The van der Waals surface area contributed by atoms with Gasteiger partial charge in [0.05, 0.1) is 17.0 Å². The Morgan fingerprint density at radius 1 is 1.00 bits per heavy atom. The molecule has 2 aromatic rings. The normalized spacial score (nSPS) is 30.7. The number of Topliss-reactive ketones (excluding diaryl/α,β-unsaturated/α-hetero) is 4. The fourth-order valence-electron chi connectivity index (χ4n) is 5.91. The highest BCUT2D eigenvalue weighted by Crippen LogP contribution is 2.55. The van der Waals surface area contributed by atoms with E-state index in [0.717, 1.165) is 6.07 Å². The van der Waals surface area contributed by atoms with E-state index in [1.807, 2.05) is 0 Å². The first-order valence-corrected chi connectivity index (χ1v) is 11.5. The Morgan fingerprint density at radius 2 is 1.68 bits per heavy atom. The minimum absolute atomic E-state index is 0.00255. The van der Waals surface area contributed by atoms with Crippen LogP contribution in [-0.2, 0) is 23.9 Å². The van der Waals surface area contributed by atoms with Crippen molar-refractivity contribution in [2.75, 3.05) is 5.73 Å². The fraction of sp³-hybridized carbons (Fsp3) is 0.308. The van der Waals surface area contributed by atoms with Crippen LogP contribution in [0, 0.1) is 23.7 Å². The summed E-state index contributed by atoms with van der Waals surface area (Å²) in [6, 6.07) is 10.3. The number of ether oxygens (including phenoxy) is 1. The predicted molar refractivity (Wildman–Crippen MR) is 124 cm³/mol. The van der Waals surface area contributed by atoms with E-state index < -0.39 is 82.6 Å². The van der Waals surface area contributed by atoms with Gasteiger partial charge in [0, 0.05) is 29.5 Å². The van der Waals surface area contributed by atoms with Gasteiger partial charge in [-0.1, -0.05) is 18.2 Å². The van der Waals surface area contributed by atoms with E-state index in [4.69, 9.17) is 16.2 Å². The predicted octanol–water partition coefficient (Wildman–Crippen LogP) is 0.265. The number of hydrogen-bond acceptors (Lipinski definition) is 10. The topological polar surface area (TPSA) is 204 Å². The van der Waals surface area contributed by atoms with Crippen LogP contribution in [0.1, 0.15) is 45.2 Å². The van der Waals surface area contributed by atoms with E-state index in [9.17, 15) is 39.0 Å². The molecular weight excluding hydrogens is 484 g/mol. The first-order chi connectivity index (χ1) is 17.5. The summed E-state index contributed by atoms with van der Waals surface area (Å²) in [6.45, 7) is 0. The molecule has 0 saturated heterocycles. The van der Waals surface area contributed by atoms with Gasteiger partial charge in [-0.3, -0.25) is 24.0 Å². The van der Waals surface area contributed by atoms with Gasteiger partial charge in [-0.05, 0) is 30.7 Å². The molecular formula is C26H22N2O9. The third-order valence-electron chi connectivity index (χ3n) is 7.63. The molecule has 0 radical (unpaired) electrons.